The quantitative estimate of drug-likeness (QED) is 0.655. The highest BCUT2D eigenvalue weighted by molar-refractivity contribution is 6.34. The van der Waals surface area contributed by atoms with Crippen molar-refractivity contribution < 1.29 is 9.59 Å². The maximum Gasteiger partial charge on any atom is 0.266 e. The molecule has 0 atom stereocenters. The Morgan fingerprint density at radius 2 is 1.08 bits per heavy atom. The monoisotopic (exact) mass is 313 g/mol. The standard InChI is InChI=1S/C21H15NO2/c1-14-6-8-15(9-7-14)16-10-12-17(13-11-16)22-20(23)18-4-2-3-5-19(18)21(22)24/h2-13H,1H3. The number of nitrogens with zero attached hydrogens (tertiary/aromatic N) is 1. The molecule has 1 heterocycles. The van der Waals surface area contributed by atoms with E-state index in [9.17, 15) is 9.59 Å². The van der Waals surface area contributed by atoms with Gasteiger partial charge in [-0.05, 0) is 42.3 Å². The number of amides is 2. The molecule has 3 aromatic carbocycles. The Morgan fingerprint density at radius 1 is 0.625 bits per heavy atom. The van der Waals surface area contributed by atoms with Gasteiger partial charge in [0, 0.05) is 0 Å². The number of anilines is 1. The summed E-state index contributed by atoms with van der Waals surface area (Å²) in [5.74, 6) is -0.530. The molecule has 0 N–H and O–H groups in total. The van der Waals surface area contributed by atoms with Gasteiger partial charge >= 0.3 is 0 Å². The molecule has 0 saturated carbocycles. The van der Waals surface area contributed by atoms with E-state index in [0.717, 1.165) is 11.1 Å². The minimum atomic E-state index is -0.265. The van der Waals surface area contributed by atoms with Crippen LogP contribution in [0.1, 0.15) is 26.3 Å². The molecule has 0 spiro atoms. The first kappa shape index (κ1) is 14.4. The van der Waals surface area contributed by atoms with Crippen LogP contribution in [0.2, 0.25) is 0 Å². The third-order valence-corrected chi connectivity index (χ3v) is 4.30. The van der Waals surface area contributed by atoms with Gasteiger partial charge in [-0.1, -0.05) is 54.1 Å². The van der Waals surface area contributed by atoms with Crippen molar-refractivity contribution in [2.75, 3.05) is 4.90 Å². The van der Waals surface area contributed by atoms with Crippen molar-refractivity contribution in [3.05, 3.63) is 89.5 Å². The SMILES string of the molecule is Cc1ccc(-c2ccc(N3C(=O)c4ccccc4C3=O)cc2)cc1. The fourth-order valence-corrected chi connectivity index (χ4v) is 2.97. The summed E-state index contributed by atoms with van der Waals surface area (Å²) in [4.78, 5) is 26.2. The largest absolute Gasteiger partial charge is 0.268 e. The molecule has 0 fully saturated rings. The second kappa shape index (κ2) is 5.46. The highest BCUT2D eigenvalue weighted by Crippen LogP contribution is 2.30. The molecular weight excluding hydrogens is 298 g/mol. The van der Waals surface area contributed by atoms with E-state index in [1.807, 2.05) is 24.3 Å². The number of imide groups is 1. The summed E-state index contributed by atoms with van der Waals surface area (Å²) in [7, 11) is 0. The van der Waals surface area contributed by atoms with Crippen LogP contribution >= 0.6 is 0 Å². The zero-order valence-corrected chi connectivity index (χ0v) is 13.2. The van der Waals surface area contributed by atoms with Gasteiger partial charge in [-0.2, -0.15) is 0 Å². The molecule has 0 bridgehead atoms. The molecule has 1 aliphatic heterocycles. The van der Waals surface area contributed by atoms with Crippen LogP contribution in [0, 0.1) is 6.92 Å². The van der Waals surface area contributed by atoms with Gasteiger partial charge in [0.2, 0.25) is 0 Å². The molecule has 3 nitrogen and oxygen atoms in total. The summed E-state index contributed by atoms with van der Waals surface area (Å²) in [6, 6.07) is 22.7. The molecule has 0 aromatic heterocycles. The van der Waals surface area contributed by atoms with Gasteiger partial charge < -0.3 is 0 Å². The average molecular weight is 313 g/mol. The van der Waals surface area contributed by atoms with Crippen LogP contribution < -0.4 is 4.90 Å². The van der Waals surface area contributed by atoms with E-state index in [2.05, 4.69) is 31.2 Å². The van der Waals surface area contributed by atoms with Crippen molar-refractivity contribution in [3.8, 4) is 11.1 Å². The Hall–Kier alpha value is -3.20. The van der Waals surface area contributed by atoms with E-state index in [1.165, 1.54) is 10.5 Å². The summed E-state index contributed by atoms with van der Waals surface area (Å²) < 4.78 is 0. The predicted molar refractivity (Wildman–Crippen MR) is 94.2 cm³/mol. The Balaban J connectivity index is 1.68. The van der Waals surface area contributed by atoms with Crippen molar-refractivity contribution in [3.63, 3.8) is 0 Å². The van der Waals surface area contributed by atoms with E-state index in [4.69, 9.17) is 0 Å². The molecule has 2 amide bonds. The second-order valence-electron chi connectivity index (χ2n) is 5.90. The Kier molecular flexibility index (Phi) is 3.28. The zero-order valence-electron chi connectivity index (χ0n) is 13.2. The Bertz CT molecular complexity index is 905. The van der Waals surface area contributed by atoms with Gasteiger partial charge in [-0.3, -0.25) is 9.59 Å². The maximum atomic E-state index is 12.5. The molecule has 3 aromatic rings. The first-order valence-electron chi connectivity index (χ1n) is 7.80. The molecule has 0 aliphatic carbocycles. The lowest BCUT2D eigenvalue weighted by molar-refractivity contribution is 0.0926. The van der Waals surface area contributed by atoms with E-state index >= 15 is 0 Å². The molecule has 0 radical (unpaired) electrons. The molecular formula is C21H15NO2. The highest BCUT2D eigenvalue weighted by atomic mass is 16.2. The van der Waals surface area contributed by atoms with E-state index < -0.39 is 0 Å². The maximum absolute atomic E-state index is 12.5. The first-order chi connectivity index (χ1) is 11.6. The van der Waals surface area contributed by atoms with Crippen LogP contribution in [-0.2, 0) is 0 Å². The van der Waals surface area contributed by atoms with Crippen molar-refractivity contribution in [1.29, 1.82) is 0 Å². The second-order valence-corrected chi connectivity index (χ2v) is 5.90. The number of carbonyl (C=O) groups excluding carboxylic acids is 2. The van der Waals surface area contributed by atoms with Gasteiger partial charge in [0.25, 0.3) is 11.8 Å². The number of hydrogen-bond acceptors (Lipinski definition) is 2. The number of aryl methyl sites for hydroxylation is 1. The topological polar surface area (TPSA) is 37.4 Å². The minimum Gasteiger partial charge on any atom is -0.268 e. The molecule has 0 saturated heterocycles. The zero-order chi connectivity index (χ0) is 16.7. The number of rotatable bonds is 2. The summed E-state index contributed by atoms with van der Waals surface area (Å²) >= 11 is 0. The fraction of sp³-hybridized carbons (Fsp3) is 0.0476. The van der Waals surface area contributed by atoms with Gasteiger partial charge in [-0.25, -0.2) is 4.90 Å². The minimum absolute atomic E-state index is 0.265. The van der Waals surface area contributed by atoms with Crippen molar-refractivity contribution in [1.82, 2.24) is 0 Å². The van der Waals surface area contributed by atoms with Crippen LogP contribution in [0.25, 0.3) is 11.1 Å². The lowest BCUT2D eigenvalue weighted by Gasteiger charge is -2.14. The van der Waals surface area contributed by atoms with Gasteiger partial charge in [-0.15, -0.1) is 0 Å². The van der Waals surface area contributed by atoms with E-state index in [1.54, 1.807) is 24.3 Å². The smallest absolute Gasteiger partial charge is 0.266 e. The fourth-order valence-electron chi connectivity index (χ4n) is 2.97. The molecule has 24 heavy (non-hydrogen) atoms. The summed E-state index contributed by atoms with van der Waals surface area (Å²) in [6.07, 6.45) is 0. The third kappa shape index (κ3) is 2.22. The lowest BCUT2D eigenvalue weighted by atomic mass is 10.0. The van der Waals surface area contributed by atoms with Gasteiger partial charge in [0.15, 0.2) is 0 Å². The molecule has 4 rings (SSSR count). The highest BCUT2D eigenvalue weighted by Gasteiger charge is 2.36. The Morgan fingerprint density at radius 3 is 1.58 bits per heavy atom. The Labute approximate surface area is 140 Å². The molecule has 0 unspecified atom stereocenters. The number of carbonyl (C=O) groups is 2. The first-order valence-corrected chi connectivity index (χ1v) is 7.80. The van der Waals surface area contributed by atoms with Gasteiger partial charge in [0.05, 0.1) is 16.8 Å². The number of fused-ring (bicyclic) bond motifs is 1. The van der Waals surface area contributed by atoms with Gasteiger partial charge in [0.1, 0.15) is 0 Å². The van der Waals surface area contributed by atoms with Crippen LogP contribution in [0.3, 0.4) is 0 Å². The average Bonchev–Trinajstić information content (AvgIpc) is 2.87. The molecule has 3 heteroatoms. The van der Waals surface area contributed by atoms with E-state index in [-0.39, 0.29) is 11.8 Å². The predicted octanol–water partition coefficient (Wildman–Crippen LogP) is 4.46. The van der Waals surface area contributed by atoms with Crippen LogP contribution in [0.4, 0.5) is 5.69 Å². The third-order valence-electron chi connectivity index (χ3n) is 4.30. The van der Waals surface area contributed by atoms with E-state index in [0.29, 0.717) is 16.8 Å². The number of benzene rings is 3. The summed E-state index contributed by atoms with van der Waals surface area (Å²) in [5, 5.41) is 0. The normalized spacial score (nSPS) is 13.3. The number of hydrogen-bond donors (Lipinski definition) is 0. The van der Waals surface area contributed by atoms with Crippen LogP contribution in [0.5, 0.6) is 0 Å². The van der Waals surface area contributed by atoms with Crippen molar-refractivity contribution in [2.24, 2.45) is 0 Å². The molecule has 116 valence electrons. The summed E-state index contributed by atoms with van der Waals surface area (Å²) in [6.45, 7) is 2.05. The van der Waals surface area contributed by atoms with Crippen molar-refractivity contribution >= 4 is 17.5 Å². The van der Waals surface area contributed by atoms with Crippen LogP contribution in [0.15, 0.2) is 72.8 Å². The summed E-state index contributed by atoms with van der Waals surface area (Å²) in [5.41, 5.74) is 4.89. The van der Waals surface area contributed by atoms with Crippen molar-refractivity contribution in [2.45, 2.75) is 6.92 Å². The molecule has 1 aliphatic rings. The lowest BCUT2D eigenvalue weighted by Crippen LogP contribution is -2.29. The van der Waals surface area contributed by atoms with Crippen LogP contribution in [-0.4, -0.2) is 11.8 Å².